The molecule has 0 N–H and O–H groups in total. The van der Waals surface area contributed by atoms with E-state index in [1.54, 1.807) is 45.3 Å². The molecule has 0 amide bonds. The summed E-state index contributed by atoms with van der Waals surface area (Å²) in [5.41, 5.74) is 1.23. The van der Waals surface area contributed by atoms with E-state index in [0.29, 0.717) is 41.3 Å². The van der Waals surface area contributed by atoms with Crippen molar-refractivity contribution in [1.82, 2.24) is 13.4 Å². The third-order valence-corrected chi connectivity index (χ3v) is 7.33. The van der Waals surface area contributed by atoms with Gasteiger partial charge in [0, 0.05) is 26.2 Å². The van der Waals surface area contributed by atoms with Gasteiger partial charge < -0.3 is 9.47 Å². The molecule has 2 heterocycles. The minimum absolute atomic E-state index is 0.0259. The van der Waals surface area contributed by atoms with Gasteiger partial charge in [0.2, 0.25) is 10.0 Å². The van der Waals surface area contributed by atoms with Gasteiger partial charge >= 0.3 is 5.69 Å². The van der Waals surface area contributed by atoms with E-state index in [2.05, 4.69) is 0 Å². The van der Waals surface area contributed by atoms with E-state index in [1.165, 1.54) is 21.3 Å². The van der Waals surface area contributed by atoms with Crippen LogP contribution in [0.1, 0.15) is 17.3 Å². The highest BCUT2D eigenvalue weighted by molar-refractivity contribution is 7.89. The first-order valence-corrected chi connectivity index (χ1v) is 11.3. The number of nitrogens with zero attached hydrogens (tertiary/aromatic N) is 3. The third-order valence-electron chi connectivity index (χ3n) is 5.42. The Balaban J connectivity index is 1.63. The Bertz CT molecular complexity index is 1340. The van der Waals surface area contributed by atoms with Crippen molar-refractivity contribution < 1.29 is 22.7 Å². The Kier molecular flexibility index (Phi) is 5.36. The number of carbonyl (C=O) groups is 1. The van der Waals surface area contributed by atoms with Crippen LogP contribution in [0.4, 0.5) is 0 Å². The zero-order valence-corrected chi connectivity index (χ0v) is 18.3. The number of imidazole rings is 1. The van der Waals surface area contributed by atoms with Crippen molar-refractivity contribution >= 4 is 26.8 Å². The van der Waals surface area contributed by atoms with Gasteiger partial charge in [0.1, 0.15) is 13.2 Å². The molecule has 3 aromatic rings. The summed E-state index contributed by atoms with van der Waals surface area (Å²) in [5.74, 6) is 0.679. The van der Waals surface area contributed by atoms with Gasteiger partial charge in [-0.15, -0.1) is 0 Å². The SMILES string of the molecule is CCN(CC(=O)c1ccc2c(c1)OCCO2)S(=O)(=O)c1ccc2c(c1)n(C)c(=O)n2C. The molecule has 31 heavy (non-hydrogen) atoms. The van der Waals surface area contributed by atoms with E-state index in [1.807, 2.05) is 0 Å². The number of sulfonamides is 1. The van der Waals surface area contributed by atoms with E-state index in [4.69, 9.17) is 9.47 Å². The minimum Gasteiger partial charge on any atom is -0.486 e. The van der Waals surface area contributed by atoms with Crippen molar-refractivity contribution in [3.8, 4) is 11.5 Å². The average Bonchev–Trinajstić information content (AvgIpc) is 3.00. The molecule has 0 spiro atoms. The number of aryl methyl sites for hydroxylation is 2. The molecule has 0 bridgehead atoms. The second-order valence-corrected chi connectivity index (χ2v) is 9.20. The first-order valence-electron chi connectivity index (χ1n) is 9.82. The van der Waals surface area contributed by atoms with Crippen LogP contribution in [0.25, 0.3) is 11.0 Å². The largest absolute Gasteiger partial charge is 0.486 e. The summed E-state index contributed by atoms with van der Waals surface area (Å²) in [4.78, 5) is 25.0. The van der Waals surface area contributed by atoms with Gasteiger partial charge in [-0.3, -0.25) is 13.9 Å². The van der Waals surface area contributed by atoms with E-state index in [-0.39, 0.29) is 29.5 Å². The standard InChI is InChI=1S/C21H23N3O6S/c1-4-24(13-18(25)14-5-8-19-20(11-14)30-10-9-29-19)31(27,28)15-6-7-16-17(12-15)23(3)21(26)22(16)2/h5-8,11-12H,4,9-10,13H2,1-3H3. The Hall–Kier alpha value is -3.11. The second-order valence-electron chi connectivity index (χ2n) is 7.26. The smallest absolute Gasteiger partial charge is 0.328 e. The summed E-state index contributed by atoms with van der Waals surface area (Å²) < 4.78 is 41.4. The Morgan fingerprint density at radius 1 is 1.00 bits per heavy atom. The second kappa shape index (κ2) is 7.86. The molecule has 1 aliphatic heterocycles. The maximum Gasteiger partial charge on any atom is 0.328 e. The fraction of sp³-hybridized carbons (Fsp3) is 0.333. The van der Waals surface area contributed by atoms with Gasteiger partial charge in [-0.2, -0.15) is 4.31 Å². The molecule has 0 saturated heterocycles. The molecule has 1 aliphatic rings. The minimum atomic E-state index is -3.95. The topological polar surface area (TPSA) is 99.8 Å². The van der Waals surface area contributed by atoms with Crippen molar-refractivity contribution in [2.45, 2.75) is 11.8 Å². The van der Waals surface area contributed by atoms with Crippen LogP contribution in [0.15, 0.2) is 46.1 Å². The maximum atomic E-state index is 13.2. The zero-order chi connectivity index (χ0) is 22.3. The molecular formula is C21H23N3O6S. The van der Waals surface area contributed by atoms with Gasteiger partial charge in [0.15, 0.2) is 17.3 Å². The highest BCUT2D eigenvalue weighted by Gasteiger charge is 2.27. The van der Waals surface area contributed by atoms with Crippen LogP contribution in [0, 0.1) is 0 Å². The molecule has 164 valence electrons. The fourth-order valence-electron chi connectivity index (χ4n) is 3.63. The number of ether oxygens (including phenoxy) is 2. The predicted octanol–water partition coefficient (Wildman–Crippen LogP) is 1.54. The number of aromatic nitrogens is 2. The lowest BCUT2D eigenvalue weighted by Gasteiger charge is -2.21. The van der Waals surface area contributed by atoms with Gasteiger partial charge in [-0.1, -0.05) is 6.92 Å². The molecule has 0 unspecified atom stereocenters. The number of ketones is 1. The highest BCUT2D eigenvalue weighted by atomic mass is 32.2. The molecule has 0 fully saturated rings. The molecule has 0 radical (unpaired) electrons. The molecule has 0 aliphatic carbocycles. The summed E-state index contributed by atoms with van der Waals surface area (Å²) in [6.07, 6.45) is 0. The molecule has 4 rings (SSSR count). The lowest BCUT2D eigenvalue weighted by Crippen LogP contribution is -2.35. The van der Waals surface area contributed by atoms with Gasteiger partial charge in [0.25, 0.3) is 0 Å². The number of Topliss-reactive ketones (excluding diaryl/α,β-unsaturated/α-hetero) is 1. The third kappa shape index (κ3) is 3.61. The summed E-state index contributed by atoms with van der Waals surface area (Å²) in [6, 6.07) is 9.33. The molecule has 1 aromatic heterocycles. The number of hydrogen-bond donors (Lipinski definition) is 0. The summed E-state index contributed by atoms with van der Waals surface area (Å²) in [7, 11) is -0.736. The average molecular weight is 445 g/mol. The molecule has 0 saturated carbocycles. The van der Waals surface area contributed by atoms with Gasteiger partial charge in [-0.25, -0.2) is 13.2 Å². The lowest BCUT2D eigenvalue weighted by molar-refractivity contribution is 0.0966. The first kappa shape index (κ1) is 21.1. The van der Waals surface area contributed by atoms with Crippen LogP contribution in [-0.4, -0.2) is 53.9 Å². The molecular weight excluding hydrogens is 422 g/mol. The molecule has 0 atom stereocenters. The van der Waals surface area contributed by atoms with Gasteiger partial charge in [-0.05, 0) is 36.4 Å². The number of hydrogen-bond acceptors (Lipinski definition) is 6. The lowest BCUT2D eigenvalue weighted by atomic mass is 10.1. The summed E-state index contributed by atoms with van der Waals surface area (Å²) in [6.45, 7) is 2.31. The summed E-state index contributed by atoms with van der Waals surface area (Å²) in [5, 5.41) is 0. The summed E-state index contributed by atoms with van der Waals surface area (Å²) >= 11 is 0. The fourth-order valence-corrected chi connectivity index (χ4v) is 5.06. The van der Waals surface area contributed by atoms with Crippen molar-refractivity contribution in [2.24, 2.45) is 14.1 Å². The normalized spacial score (nSPS) is 13.7. The van der Waals surface area contributed by atoms with Gasteiger partial charge in [0.05, 0.1) is 22.5 Å². The monoisotopic (exact) mass is 445 g/mol. The van der Waals surface area contributed by atoms with Crippen molar-refractivity contribution in [2.75, 3.05) is 26.3 Å². The van der Waals surface area contributed by atoms with E-state index in [9.17, 15) is 18.0 Å². The number of fused-ring (bicyclic) bond motifs is 2. The quantitative estimate of drug-likeness (QED) is 0.534. The Morgan fingerprint density at radius 3 is 2.39 bits per heavy atom. The number of carbonyl (C=O) groups excluding carboxylic acids is 1. The molecule has 10 heteroatoms. The van der Waals surface area contributed by atoms with Crippen molar-refractivity contribution in [3.63, 3.8) is 0 Å². The Morgan fingerprint density at radius 2 is 1.68 bits per heavy atom. The van der Waals surface area contributed by atoms with E-state index in [0.717, 1.165) is 4.31 Å². The van der Waals surface area contributed by atoms with E-state index < -0.39 is 10.0 Å². The van der Waals surface area contributed by atoms with Crippen LogP contribution in [0.5, 0.6) is 11.5 Å². The number of benzene rings is 2. The Labute approximate surface area is 179 Å². The maximum absolute atomic E-state index is 13.2. The molecule has 9 nitrogen and oxygen atoms in total. The van der Waals surface area contributed by atoms with Crippen LogP contribution >= 0.6 is 0 Å². The zero-order valence-electron chi connectivity index (χ0n) is 17.5. The number of rotatable bonds is 6. The van der Waals surface area contributed by atoms with Crippen molar-refractivity contribution in [3.05, 3.63) is 52.4 Å². The van der Waals surface area contributed by atoms with Crippen LogP contribution in [0.2, 0.25) is 0 Å². The van der Waals surface area contributed by atoms with E-state index >= 15 is 0 Å². The highest BCUT2D eigenvalue weighted by Crippen LogP contribution is 2.31. The van der Waals surface area contributed by atoms with Crippen LogP contribution < -0.4 is 15.2 Å². The predicted molar refractivity (Wildman–Crippen MR) is 114 cm³/mol. The molecule has 2 aromatic carbocycles. The van der Waals surface area contributed by atoms with Crippen LogP contribution in [-0.2, 0) is 24.1 Å². The van der Waals surface area contributed by atoms with Crippen LogP contribution in [0.3, 0.4) is 0 Å². The van der Waals surface area contributed by atoms with Crippen molar-refractivity contribution in [1.29, 1.82) is 0 Å². The number of likely N-dealkylation sites (N-methyl/N-ethyl adjacent to an activating group) is 1. The first-order chi connectivity index (χ1) is 14.7.